The molecule has 7 heteroatoms. The number of piperazine rings is 1. The van der Waals surface area contributed by atoms with Gasteiger partial charge < -0.3 is 23.8 Å². The van der Waals surface area contributed by atoms with E-state index in [-0.39, 0.29) is 0 Å². The summed E-state index contributed by atoms with van der Waals surface area (Å²) in [5.74, 6) is 2.70. The van der Waals surface area contributed by atoms with E-state index in [1.165, 1.54) is 0 Å². The van der Waals surface area contributed by atoms with Crippen molar-refractivity contribution in [2.75, 3.05) is 50.2 Å². The standard InChI is InChI=1S/C30H29N5O2/c1-36-24-14-12-23(13-15-24)35-20-25(22-8-4-3-5-9-22)28-29(31-21-32-30(28)35)34-18-16-33(17-19-34)26-10-6-7-11-27(26)37-2/h3-15,20-21H,16-19H2,1-2H3. The van der Waals surface area contributed by atoms with Crippen molar-refractivity contribution in [2.24, 2.45) is 0 Å². The Hall–Kier alpha value is -4.52. The topological polar surface area (TPSA) is 55.7 Å². The molecule has 2 aromatic heterocycles. The molecule has 0 atom stereocenters. The Morgan fingerprint density at radius 1 is 0.703 bits per heavy atom. The molecule has 0 radical (unpaired) electrons. The van der Waals surface area contributed by atoms with Gasteiger partial charge in [0.1, 0.15) is 23.6 Å². The smallest absolute Gasteiger partial charge is 0.150 e. The summed E-state index contributed by atoms with van der Waals surface area (Å²) < 4.78 is 13.1. The zero-order chi connectivity index (χ0) is 25.2. The number of nitrogens with zero attached hydrogens (tertiary/aromatic N) is 5. The molecule has 7 nitrogen and oxygen atoms in total. The van der Waals surface area contributed by atoms with Gasteiger partial charge >= 0.3 is 0 Å². The van der Waals surface area contributed by atoms with E-state index in [0.717, 1.165) is 77.0 Å². The van der Waals surface area contributed by atoms with Crippen LogP contribution in [-0.4, -0.2) is 54.9 Å². The normalized spacial score (nSPS) is 13.7. The Morgan fingerprint density at radius 3 is 2.14 bits per heavy atom. The minimum Gasteiger partial charge on any atom is -0.497 e. The summed E-state index contributed by atoms with van der Waals surface area (Å²) in [6.07, 6.45) is 3.85. The van der Waals surface area contributed by atoms with Crippen molar-refractivity contribution in [3.63, 3.8) is 0 Å². The largest absolute Gasteiger partial charge is 0.497 e. The van der Waals surface area contributed by atoms with Crippen LogP contribution in [-0.2, 0) is 0 Å². The average Bonchev–Trinajstić information content (AvgIpc) is 3.38. The Bertz CT molecular complexity index is 1510. The number of hydrogen-bond acceptors (Lipinski definition) is 6. The highest BCUT2D eigenvalue weighted by Crippen LogP contribution is 2.38. The predicted octanol–water partition coefficient (Wildman–Crippen LogP) is 5.43. The molecule has 0 amide bonds. The number of fused-ring (bicyclic) bond motifs is 1. The summed E-state index contributed by atoms with van der Waals surface area (Å²) in [7, 11) is 3.41. The highest BCUT2D eigenvalue weighted by atomic mass is 16.5. The minimum atomic E-state index is 0.826. The van der Waals surface area contributed by atoms with Crippen molar-refractivity contribution in [1.82, 2.24) is 14.5 Å². The molecule has 0 saturated carbocycles. The molecule has 0 aliphatic carbocycles. The predicted molar refractivity (Wildman–Crippen MR) is 148 cm³/mol. The van der Waals surface area contributed by atoms with Crippen LogP contribution < -0.4 is 19.3 Å². The van der Waals surface area contributed by atoms with E-state index in [1.807, 2.05) is 30.3 Å². The Balaban J connectivity index is 1.40. The van der Waals surface area contributed by atoms with Crippen LogP contribution in [0.3, 0.4) is 0 Å². The van der Waals surface area contributed by atoms with Crippen molar-refractivity contribution in [2.45, 2.75) is 0 Å². The number of anilines is 2. The lowest BCUT2D eigenvalue weighted by Crippen LogP contribution is -2.47. The molecule has 6 rings (SSSR count). The molecule has 0 N–H and O–H groups in total. The number of rotatable bonds is 6. The third kappa shape index (κ3) is 4.22. The molecular formula is C30H29N5O2. The van der Waals surface area contributed by atoms with E-state index in [2.05, 4.69) is 69.1 Å². The van der Waals surface area contributed by atoms with Crippen molar-refractivity contribution in [3.05, 3.63) is 91.4 Å². The zero-order valence-electron chi connectivity index (χ0n) is 21.0. The first-order chi connectivity index (χ1) is 18.3. The lowest BCUT2D eigenvalue weighted by molar-refractivity contribution is 0.413. The zero-order valence-corrected chi connectivity index (χ0v) is 21.0. The van der Waals surface area contributed by atoms with E-state index in [0.29, 0.717) is 0 Å². The molecule has 1 fully saturated rings. The van der Waals surface area contributed by atoms with Gasteiger partial charge in [-0.05, 0) is 42.0 Å². The molecule has 3 heterocycles. The summed E-state index contributed by atoms with van der Waals surface area (Å²) in [6.45, 7) is 3.47. The van der Waals surface area contributed by atoms with Gasteiger partial charge in [-0.25, -0.2) is 9.97 Å². The summed E-state index contributed by atoms with van der Waals surface area (Å²) >= 11 is 0. The van der Waals surface area contributed by atoms with Gasteiger partial charge in [0.25, 0.3) is 0 Å². The van der Waals surface area contributed by atoms with Crippen LogP contribution in [0.15, 0.2) is 91.4 Å². The van der Waals surface area contributed by atoms with Gasteiger partial charge in [0.05, 0.1) is 25.3 Å². The van der Waals surface area contributed by atoms with Crippen molar-refractivity contribution in [1.29, 1.82) is 0 Å². The minimum absolute atomic E-state index is 0.826. The summed E-state index contributed by atoms with van der Waals surface area (Å²) in [5, 5.41) is 1.07. The first-order valence-corrected chi connectivity index (χ1v) is 12.5. The third-order valence-electron chi connectivity index (χ3n) is 7.00. The fraction of sp³-hybridized carbons (Fsp3) is 0.200. The Labute approximate surface area is 216 Å². The fourth-order valence-corrected chi connectivity index (χ4v) is 5.11. The summed E-state index contributed by atoms with van der Waals surface area (Å²) in [5.41, 5.74) is 5.31. The van der Waals surface area contributed by atoms with Gasteiger partial charge in [-0.1, -0.05) is 42.5 Å². The number of aromatic nitrogens is 3. The second-order valence-electron chi connectivity index (χ2n) is 9.02. The highest BCUT2D eigenvalue weighted by Gasteiger charge is 2.25. The second kappa shape index (κ2) is 9.85. The molecule has 3 aromatic carbocycles. The first-order valence-electron chi connectivity index (χ1n) is 12.5. The van der Waals surface area contributed by atoms with Crippen LogP contribution in [0.1, 0.15) is 0 Å². The van der Waals surface area contributed by atoms with Crippen LogP contribution in [0.25, 0.3) is 27.8 Å². The van der Waals surface area contributed by atoms with Crippen LogP contribution in [0.4, 0.5) is 11.5 Å². The van der Waals surface area contributed by atoms with Gasteiger partial charge in [0.2, 0.25) is 0 Å². The number of methoxy groups -OCH3 is 2. The fourth-order valence-electron chi connectivity index (χ4n) is 5.11. The molecule has 5 aromatic rings. The monoisotopic (exact) mass is 491 g/mol. The van der Waals surface area contributed by atoms with E-state index in [1.54, 1.807) is 20.5 Å². The first kappa shape index (κ1) is 22.9. The molecule has 0 unspecified atom stereocenters. The molecule has 0 spiro atoms. The Morgan fingerprint density at radius 2 is 1.41 bits per heavy atom. The summed E-state index contributed by atoms with van der Waals surface area (Å²) in [6, 6.07) is 26.7. The van der Waals surface area contributed by atoms with E-state index >= 15 is 0 Å². The van der Waals surface area contributed by atoms with Crippen LogP contribution in [0.2, 0.25) is 0 Å². The maximum atomic E-state index is 5.61. The second-order valence-corrected chi connectivity index (χ2v) is 9.02. The molecular weight excluding hydrogens is 462 g/mol. The van der Waals surface area contributed by atoms with Crippen LogP contribution >= 0.6 is 0 Å². The number of benzene rings is 3. The molecule has 1 aliphatic rings. The lowest BCUT2D eigenvalue weighted by Gasteiger charge is -2.37. The van der Waals surface area contributed by atoms with Crippen LogP contribution in [0.5, 0.6) is 11.5 Å². The summed E-state index contributed by atoms with van der Waals surface area (Å²) in [4.78, 5) is 14.3. The van der Waals surface area contributed by atoms with Gasteiger partial charge in [0, 0.05) is 43.6 Å². The Kier molecular flexibility index (Phi) is 6.10. The van der Waals surface area contributed by atoms with Gasteiger partial charge in [-0.2, -0.15) is 0 Å². The highest BCUT2D eigenvalue weighted by molar-refractivity contribution is 6.02. The van der Waals surface area contributed by atoms with E-state index in [4.69, 9.17) is 19.4 Å². The number of para-hydroxylation sites is 2. The molecule has 186 valence electrons. The quantitative estimate of drug-likeness (QED) is 0.316. The van der Waals surface area contributed by atoms with Crippen LogP contribution in [0, 0.1) is 0 Å². The average molecular weight is 492 g/mol. The van der Waals surface area contributed by atoms with Crippen molar-refractivity contribution in [3.8, 4) is 28.3 Å². The molecule has 37 heavy (non-hydrogen) atoms. The molecule has 1 aliphatic heterocycles. The molecule has 0 bridgehead atoms. The van der Waals surface area contributed by atoms with Crippen molar-refractivity contribution < 1.29 is 9.47 Å². The lowest BCUT2D eigenvalue weighted by atomic mass is 10.1. The van der Waals surface area contributed by atoms with E-state index < -0.39 is 0 Å². The van der Waals surface area contributed by atoms with Gasteiger partial charge in [0.15, 0.2) is 5.65 Å². The van der Waals surface area contributed by atoms with Gasteiger partial charge in [-0.3, -0.25) is 0 Å². The SMILES string of the molecule is COc1ccc(-n2cc(-c3ccccc3)c3c(N4CCN(c5ccccc5OC)CC4)ncnc32)cc1. The maximum Gasteiger partial charge on any atom is 0.150 e. The molecule has 1 saturated heterocycles. The number of ether oxygens (including phenoxy) is 2. The maximum absolute atomic E-state index is 5.61. The van der Waals surface area contributed by atoms with Gasteiger partial charge in [-0.15, -0.1) is 0 Å². The van der Waals surface area contributed by atoms with E-state index in [9.17, 15) is 0 Å². The third-order valence-corrected chi connectivity index (χ3v) is 7.00. The van der Waals surface area contributed by atoms with Crippen molar-refractivity contribution >= 4 is 22.5 Å². The number of hydrogen-bond donors (Lipinski definition) is 0.